The van der Waals surface area contributed by atoms with Gasteiger partial charge < -0.3 is 5.73 Å². The predicted molar refractivity (Wildman–Crippen MR) is 64.1 cm³/mol. The Morgan fingerprint density at radius 1 is 1.44 bits per heavy atom. The number of halogens is 1. The van der Waals surface area contributed by atoms with Crippen LogP contribution in [0.2, 0.25) is 0 Å². The quantitative estimate of drug-likeness (QED) is 0.679. The summed E-state index contributed by atoms with van der Waals surface area (Å²) in [7, 11) is 0. The molecule has 0 saturated heterocycles. The van der Waals surface area contributed by atoms with Crippen molar-refractivity contribution in [1.29, 1.82) is 0 Å². The van der Waals surface area contributed by atoms with Crippen LogP contribution in [-0.2, 0) is 0 Å². The maximum atomic E-state index is 10.7. The third-order valence-electron chi connectivity index (χ3n) is 1.83. The lowest BCUT2D eigenvalue weighted by atomic mass is 10.2. The van der Waals surface area contributed by atoms with E-state index in [0.29, 0.717) is 20.2 Å². The van der Waals surface area contributed by atoms with Crippen LogP contribution in [0.1, 0.15) is 0 Å². The van der Waals surface area contributed by atoms with Crippen molar-refractivity contribution in [3.05, 3.63) is 32.8 Å². The largest absolute Gasteiger partial charge is 0.374 e. The summed E-state index contributed by atoms with van der Waals surface area (Å²) < 4.78 is 0.429. The summed E-state index contributed by atoms with van der Waals surface area (Å²) >= 11 is 4.29. The minimum Gasteiger partial charge on any atom is -0.374 e. The monoisotopic (exact) mass is 300 g/mol. The number of nitrogens with two attached hydrogens (primary N) is 1. The number of aromatic nitrogens is 2. The van der Waals surface area contributed by atoms with Crippen LogP contribution >= 0.6 is 27.3 Å². The van der Waals surface area contributed by atoms with Crippen molar-refractivity contribution >= 4 is 38.1 Å². The maximum absolute atomic E-state index is 10.7. The van der Waals surface area contributed by atoms with Crippen molar-refractivity contribution in [3.63, 3.8) is 0 Å². The summed E-state index contributed by atoms with van der Waals surface area (Å²) in [5.41, 5.74) is 6.07. The molecule has 16 heavy (non-hydrogen) atoms. The lowest BCUT2D eigenvalue weighted by Crippen LogP contribution is -1.90. The van der Waals surface area contributed by atoms with Gasteiger partial charge in [-0.05, 0) is 22.0 Å². The van der Waals surface area contributed by atoms with E-state index < -0.39 is 4.92 Å². The molecule has 1 aromatic carbocycles. The number of benzene rings is 1. The third-order valence-corrected chi connectivity index (χ3v) is 3.30. The van der Waals surface area contributed by atoms with Gasteiger partial charge in [-0.15, -0.1) is 10.2 Å². The Balaban J connectivity index is 2.51. The van der Waals surface area contributed by atoms with E-state index in [-0.39, 0.29) is 5.69 Å². The summed E-state index contributed by atoms with van der Waals surface area (Å²) in [5, 5.41) is 19.1. The van der Waals surface area contributed by atoms with Gasteiger partial charge in [0.1, 0.15) is 5.01 Å². The van der Waals surface area contributed by atoms with Gasteiger partial charge in [-0.25, -0.2) is 0 Å². The molecule has 0 radical (unpaired) electrons. The fraction of sp³-hybridized carbons (Fsp3) is 0. The normalized spacial score (nSPS) is 10.3. The number of nitro benzene ring substituents is 1. The Morgan fingerprint density at radius 2 is 2.19 bits per heavy atom. The smallest absolute Gasteiger partial charge is 0.284 e. The standard InChI is InChI=1S/C8H5BrN4O2S/c9-5-2-1-4(3-6(5)13(14)15)7-11-12-8(10)16-7/h1-3H,(H2,10,12). The first-order valence-electron chi connectivity index (χ1n) is 4.11. The van der Waals surface area contributed by atoms with Crippen molar-refractivity contribution in [2.24, 2.45) is 0 Å². The molecule has 0 spiro atoms. The van der Waals surface area contributed by atoms with E-state index >= 15 is 0 Å². The zero-order valence-electron chi connectivity index (χ0n) is 7.75. The van der Waals surface area contributed by atoms with Crippen LogP contribution < -0.4 is 5.73 Å². The number of nitro groups is 1. The summed E-state index contributed by atoms with van der Waals surface area (Å²) in [6.07, 6.45) is 0. The molecule has 82 valence electrons. The van der Waals surface area contributed by atoms with Crippen LogP contribution in [0, 0.1) is 10.1 Å². The van der Waals surface area contributed by atoms with Crippen LogP contribution in [0.25, 0.3) is 10.6 Å². The molecule has 0 unspecified atom stereocenters. The Morgan fingerprint density at radius 3 is 2.75 bits per heavy atom. The van der Waals surface area contributed by atoms with Gasteiger partial charge in [0.15, 0.2) is 0 Å². The van der Waals surface area contributed by atoms with Crippen molar-refractivity contribution in [1.82, 2.24) is 10.2 Å². The minimum absolute atomic E-state index is 0.00808. The molecule has 2 rings (SSSR count). The average molecular weight is 301 g/mol. The van der Waals surface area contributed by atoms with Gasteiger partial charge in [0.05, 0.1) is 9.40 Å². The molecule has 1 aromatic heterocycles. The Bertz CT molecular complexity index is 557. The third kappa shape index (κ3) is 2.02. The molecule has 1 heterocycles. The van der Waals surface area contributed by atoms with E-state index in [1.807, 2.05) is 0 Å². The summed E-state index contributed by atoms with van der Waals surface area (Å²) in [5.74, 6) is 0. The molecule has 6 nitrogen and oxygen atoms in total. The van der Waals surface area contributed by atoms with Crippen molar-refractivity contribution in [2.45, 2.75) is 0 Å². The van der Waals surface area contributed by atoms with Crippen LogP contribution in [0.15, 0.2) is 22.7 Å². The van der Waals surface area contributed by atoms with Crippen LogP contribution in [-0.4, -0.2) is 15.1 Å². The zero-order chi connectivity index (χ0) is 11.7. The second kappa shape index (κ2) is 4.14. The Labute approximate surface area is 102 Å². The van der Waals surface area contributed by atoms with Gasteiger partial charge in [0.25, 0.3) is 5.69 Å². The molecular formula is C8H5BrN4O2S. The minimum atomic E-state index is -0.460. The molecule has 0 fully saturated rings. The number of hydrogen-bond donors (Lipinski definition) is 1. The van der Waals surface area contributed by atoms with Gasteiger partial charge in [-0.3, -0.25) is 10.1 Å². The van der Waals surface area contributed by atoms with E-state index in [9.17, 15) is 10.1 Å². The predicted octanol–water partition coefficient (Wildman–Crippen LogP) is 2.46. The van der Waals surface area contributed by atoms with E-state index in [1.165, 1.54) is 17.4 Å². The highest BCUT2D eigenvalue weighted by Crippen LogP contribution is 2.32. The molecule has 0 saturated carbocycles. The summed E-state index contributed by atoms with van der Waals surface area (Å²) in [6.45, 7) is 0. The molecule has 0 amide bonds. The van der Waals surface area contributed by atoms with E-state index in [2.05, 4.69) is 26.1 Å². The van der Waals surface area contributed by atoms with Gasteiger partial charge in [-0.1, -0.05) is 17.4 Å². The molecule has 2 aromatic rings. The fourth-order valence-corrected chi connectivity index (χ4v) is 2.13. The number of rotatable bonds is 2. The van der Waals surface area contributed by atoms with Gasteiger partial charge in [0, 0.05) is 11.6 Å². The highest BCUT2D eigenvalue weighted by molar-refractivity contribution is 9.10. The molecule has 0 aliphatic rings. The molecule has 8 heteroatoms. The number of hydrogen-bond acceptors (Lipinski definition) is 6. The van der Waals surface area contributed by atoms with Crippen LogP contribution in [0.4, 0.5) is 10.8 Å². The Kier molecular flexibility index (Phi) is 2.84. The first-order valence-corrected chi connectivity index (χ1v) is 5.72. The fourth-order valence-electron chi connectivity index (χ4n) is 1.14. The number of nitrogens with zero attached hydrogens (tertiary/aromatic N) is 3. The molecular weight excluding hydrogens is 296 g/mol. The molecule has 0 atom stereocenters. The second-order valence-electron chi connectivity index (χ2n) is 2.87. The lowest BCUT2D eigenvalue weighted by molar-refractivity contribution is -0.385. The number of anilines is 1. The SMILES string of the molecule is Nc1nnc(-c2ccc(Br)c([N+](=O)[O-])c2)s1. The van der Waals surface area contributed by atoms with E-state index in [1.54, 1.807) is 12.1 Å². The van der Waals surface area contributed by atoms with Gasteiger partial charge in [-0.2, -0.15) is 0 Å². The maximum Gasteiger partial charge on any atom is 0.284 e. The average Bonchev–Trinajstić information content (AvgIpc) is 2.65. The van der Waals surface area contributed by atoms with Crippen molar-refractivity contribution in [3.8, 4) is 10.6 Å². The second-order valence-corrected chi connectivity index (χ2v) is 4.73. The summed E-state index contributed by atoms with van der Waals surface area (Å²) in [4.78, 5) is 10.3. The van der Waals surface area contributed by atoms with E-state index in [0.717, 1.165) is 0 Å². The number of nitrogen functional groups attached to an aromatic ring is 1. The van der Waals surface area contributed by atoms with Crippen LogP contribution in [0.5, 0.6) is 0 Å². The Hall–Kier alpha value is -1.54. The highest BCUT2D eigenvalue weighted by Gasteiger charge is 2.14. The molecule has 0 bridgehead atoms. The van der Waals surface area contributed by atoms with Crippen molar-refractivity contribution in [2.75, 3.05) is 5.73 Å². The molecule has 2 N–H and O–H groups in total. The summed E-state index contributed by atoms with van der Waals surface area (Å²) in [6, 6.07) is 4.76. The van der Waals surface area contributed by atoms with Crippen LogP contribution in [0.3, 0.4) is 0 Å². The highest BCUT2D eigenvalue weighted by atomic mass is 79.9. The first kappa shape index (κ1) is 11.0. The molecule has 0 aliphatic heterocycles. The zero-order valence-corrected chi connectivity index (χ0v) is 10.2. The van der Waals surface area contributed by atoms with E-state index in [4.69, 9.17) is 5.73 Å². The lowest BCUT2D eigenvalue weighted by Gasteiger charge is -1.97. The molecule has 0 aliphatic carbocycles. The topological polar surface area (TPSA) is 94.9 Å². The van der Waals surface area contributed by atoms with Crippen molar-refractivity contribution < 1.29 is 4.92 Å². The van der Waals surface area contributed by atoms with Gasteiger partial charge in [0.2, 0.25) is 5.13 Å². The first-order chi connectivity index (χ1) is 7.58. The van der Waals surface area contributed by atoms with Gasteiger partial charge >= 0.3 is 0 Å².